The van der Waals surface area contributed by atoms with E-state index in [4.69, 9.17) is 0 Å². The molecule has 33 heavy (non-hydrogen) atoms. The van der Waals surface area contributed by atoms with Crippen molar-refractivity contribution in [2.75, 3.05) is 6.54 Å². The van der Waals surface area contributed by atoms with Crippen molar-refractivity contribution in [3.63, 3.8) is 0 Å². The molecule has 0 spiro atoms. The first-order chi connectivity index (χ1) is 16.1. The molecule has 1 aliphatic rings. The van der Waals surface area contributed by atoms with E-state index in [0.717, 1.165) is 28.6 Å². The first-order valence-electron chi connectivity index (χ1n) is 10.8. The normalized spacial score (nSPS) is 13.1. The Kier molecular flexibility index (Phi) is 5.56. The third-order valence-electron chi connectivity index (χ3n) is 5.97. The fourth-order valence-corrected chi connectivity index (χ4v) is 4.20. The third-order valence-corrected chi connectivity index (χ3v) is 5.97. The summed E-state index contributed by atoms with van der Waals surface area (Å²) in [4.78, 5) is 31.7. The summed E-state index contributed by atoms with van der Waals surface area (Å²) in [5.74, 6) is -0.671. The Morgan fingerprint density at radius 1 is 1.12 bits per heavy atom. The van der Waals surface area contributed by atoms with Crippen molar-refractivity contribution < 1.29 is 14.0 Å². The maximum atomic E-state index is 13.8. The number of nitrogens with zero attached hydrogens (tertiary/aromatic N) is 3. The van der Waals surface area contributed by atoms with Crippen molar-refractivity contribution in [3.8, 4) is 0 Å². The Balaban J connectivity index is 1.23. The fourth-order valence-electron chi connectivity index (χ4n) is 4.20. The lowest BCUT2D eigenvalue weighted by Crippen LogP contribution is -2.37. The highest BCUT2D eigenvalue weighted by atomic mass is 19.1. The van der Waals surface area contributed by atoms with E-state index in [-0.39, 0.29) is 30.6 Å². The van der Waals surface area contributed by atoms with Crippen molar-refractivity contribution in [2.45, 2.75) is 25.9 Å². The van der Waals surface area contributed by atoms with Crippen LogP contribution in [0.4, 0.5) is 4.39 Å². The minimum absolute atomic E-state index is 0.00291. The van der Waals surface area contributed by atoms with Gasteiger partial charge in [0.1, 0.15) is 5.82 Å². The van der Waals surface area contributed by atoms with Crippen molar-refractivity contribution in [1.29, 1.82) is 0 Å². The van der Waals surface area contributed by atoms with Crippen LogP contribution in [0.2, 0.25) is 0 Å². The molecule has 166 valence electrons. The van der Waals surface area contributed by atoms with Crippen LogP contribution in [0.25, 0.3) is 11.0 Å². The number of carbonyl (C=O) groups excluding carboxylic acids is 2. The number of fused-ring (bicyclic) bond motifs is 3. The second kappa shape index (κ2) is 8.82. The van der Waals surface area contributed by atoms with Crippen LogP contribution in [-0.2, 0) is 30.7 Å². The summed E-state index contributed by atoms with van der Waals surface area (Å²) < 4.78 is 13.8. The summed E-state index contributed by atoms with van der Waals surface area (Å²) in [6, 6.07) is 13.3. The summed E-state index contributed by atoms with van der Waals surface area (Å²) in [6.45, 7) is 1.23. The first kappa shape index (κ1) is 20.8. The zero-order valence-corrected chi connectivity index (χ0v) is 17.8. The number of pyridine rings is 1. The standard InChI is InChI=1S/C25H22FN5O2/c26-22-7-2-1-5-18(22)12-28-25(33)17-6-3-4-16(10-17)11-23(32)31-9-8-20-19(15-31)13-27-24-21(20)14-29-30-24/h1-7,10,13-14H,8-9,11-12,15H2,(H,28,33)(H,27,29,30). The molecule has 0 saturated heterocycles. The molecule has 8 heteroatoms. The topological polar surface area (TPSA) is 91.0 Å². The van der Waals surface area contributed by atoms with Gasteiger partial charge in [-0.2, -0.15) is 5.10 Å². The largest absolute Gasteiger partial charge is 0.348 e. The van der Waals surface area contributed by atoms with Crippen molar-refractivity contribution in [1.82, 2.24) is 25.4 Å². The SMILES string of the molecule is O=C(NCc1ccccc1F)c1cccc(CC(=O)N2CCc3c(cnc4[nH]ncc34)C2)c1. The van der Waals surface area contributed by atoms with Crippen LogP contribution >= 0.6 is 0 Å². The molecule has 0 bridgehead atoms. The van der Waals surface area contributed by atoms with Gasteiger partial charge in [0.05, 0.1) is 12.6 Å². The molecule has 0 fully saturated rings. The van der Waals surface area contributed by atoms with E-state index < -0.39 is 0 Å². The molecule has 0 saturated carbocycles. The lowest BCUT2D eigenvalue weighted by Gasteiger charge is -2.29. The Morgan fingerprint density at radius 2 is 2.00 bits per heavy atom. The maximum absolute atomic E-state index is 13.8. The first-order valence-corrected chi connectivity index (χ1v) is 10.8. The molecule has 2 aromatic heterocycles. The molecular formula is C25H22FN5O2. The number of hydrogen-bond acceptors (Lipinski definition) is 4. The quantitative estimate of drug-likeness (QED) is 0.496. The number of halogens is 1. The van der Waals surface area contributed by atoms with E-state index in [1.54, 1.807) is 48.8 Å². The molecule has 1 aliphatic heterocycles. The Morgan fingerprint density at radius 3 is 2.88 bits per heavy atom. The van der Waals surface area contributed by atoms with Gasteiger partial charge in [-0.15, -0.1) is 0 Å². The van der Waals surface area contributed by atoms with Crippen LogP contribution in [-0.4, -0.2) is 38.4 Å². The maximum Gasteiger partial charge on any atom is 0.251 e. The lowest BCUT2D eigenvalue weighted by atomic mass is 9.98. The zero-order chi connectivity index (χ0) is 22.8. The Bertz CT molecular complexity index is 1350. The van der Waals surface area contributed by atoms with Gasteiger partial charge in [-0.3, -0.25) is 14.7 Å². The molecule has 0 radical (unpaired) electrons. The predicted octanol–water partition coefficient (Wildman–Crippen LogP) is 3.15. The third kappa shape index (κ3) is 4.32. The number of aromatic nitrogens is 3. The smallest absolute Gasteiger partial charge is 0.251 e. The number of benzene rings is 2. The van der Waals surface area contributed by atoms with Crippen LogP contribution in [0.1, 0.15) is 32.6 Å². The van der Waals surface area contributed by atoms with E-state index >= 15 is 0 Å². The summed E-state index contributed by atoms with van der Waals surface area (Å²) in [5, 5.41) is 10.7. The second-order valence-electron chi connectivity index (χ2n) is 8.11. The number of rotatable bonds is 5. The number of H-pyrrole nitrogens is 1. The van der Waals surface area contributed by atoms with Gasteiger partial charge < -0.3 is 10.2 Å². The van der Waals surface area contributed by atoms with Crippen molar-refractivity contribution >= 4 is 22.8 Å². The van der Waals surface area contributed by atoms with Gasteiger partial charge >= 0.3 is 0 Å². The van der Waals surface area contributed by atoms with Gasteiger partial charge in [-0.25, -0.2) is 9.37 Å². The fraction of sp³-hybridized carbons (Fsp3) is 0.200. The van der Waals surface area contributed by atoms with Crippen LogP contribution < -0.4 is 5.32 Å². The summed E-state index contributed by atoms with van der Waals surface area (Å²) in [6.07, 6.45) is 4.53. The van der Waals surface area contributed by atoms with Crippen molar-refractivity contribution in [2.24, 2.45) is 0 Å². The molecule has 2 amide bonds. The van der Waals surface area contributed by atoms with Gasteiger partial charge in [0, 0.05) is 42.3 Å². The van der Waals surface area contributed by atoms with Crippen LogP contribution in [0.15, 0.2) is 60.9 Å². The van der Waals surface area contributed by atoms with Crippen molar-refractivity contribution in [3.05, 3.63) is 94.6 Å². The molecule has 0 atom stereocenters. The van der Waals surface area contributed by atoms with Crippen LogP contribution in [0.3, 0.4) is 0 Å². The number of carbonyl (C=O) groups is 2. The Labute approximate surface area is 189 Å². The minimum atomic E-state index is -0.357. The highest BCUT2D eigenvalue weighted by Crippen LogP contribution is 2.25. The number of amides is 2. The summed E-state index contributed by atoms with van der Waals surface area (Å²) in [5.41, 5.74) is 4.60. The molecule has 0 unspecified atom stereocenters. The molecule has 2 N–H and O–H groups in total. The predicted molar refractivity (Wildman–Crippen MR) is 121 cm³/mol. The van der Waals surface area contributed by atoms with E-state index in [2.05, 4.69) is 20.5 Å². The van der Waals surface area contributed by atoms with E-state index in [0.29, 0.717) is 24.2 Å². The summed E-state index contributed by atoms with van der Waals surface area (Å²) in [7, 11) is 0. The lowest BCUT2D eigenvalue weighted by molar-refractivity contribution is -0.131. The average molecular weight is 443 g/mol. The van der Waals surface area contributed by atoms with Crippen LogP contribution in [0, 0.1) is 5.82 Å². The summed E-state index contributed by atoms with van der Waals surface area (Å²) >= 11 is 0. The Hall–Kier alpha value is -4.07. The molecule has 4 aromatic rings. The van der Waals surface area contributed by atoms with E-state index in [1.165, 1.54) is 11.6 Å². The highest BCUT2D eigenvalue weighted by molar-refractivity contribution is 5.94. The number of nitrogens with one attached hydrogen (secondary N) is 2. The molecule has 0 aliphatic carbocycles. The molecule has 7 nitrogen and oxygen atoms in total. The van der Waals surface area contributed by atoms with Gasteiger partial charge in [0.2, 0.25) is 5.91 Å². The second-order valence-corrected chi connectivity index (χ2v) is 8.11. The van der Waals surface area contributed by atoms with Gasteiger partial charge in [0.25, 0.3) is 5.91 Å². The van der Waals surface area contributed by atoms with Gasteiger partial charge in [-0.05, 0) is 41.3 Å². The van der Waals surface area contributed by atoms with Gasteiger partial charge in [0.15, 0.2) is 5.65 Å². The minimum Gasteiger partial charge on any atom is -0.348 e. The molecular weight excluding hydrogens is 421 g/mol. The number of hydrogen-bond donors (Lipinski definition) is 2. The molecule has 2 aromatic carbocycles. The zero-order valence-electron chi connectivity index (χ0n) is 17.8. The van der Waals surface area contributed by atoms with E-state index in [1.807, 2.05) is 11.0 Å². The molecule has 5 rings (SSSR count). The van der Waals surface area contributed by atoms with Gasteiger partial charge in [-0.1, -0.05) is 30.3 Å². The van der Waals surface area contributed by atoms with Crippen LogP contribution in [0.5, 0.6) is 0 Å². The highest BCUT2D eigenvalue weighted by Gasteiger charge is 2.23. The van der Waals surface area contributed by atoms with E-state index in [9.17, 15) is 14.0 Å². The molecule has 3 heterocycles. The monoisotopic (exact) mass is 443 g/mol. The number of aromatic amines is 1. The average Bonchev–Trinajstić information content (AvgIpc) is 3.32.